The number of rotatable bonds is 6. The van der Waals surface area contributed by atoms with Gasteiger partial charge in [0.1, 0.15) is 6.29 Å². The first-order chi connectivity index (χ1) is 15.3. The van der Waals surface area contributed by atoms with Crippen molar-refractivity contribution in [2.45, 2.75) is 89.6 Å². The second kappa shape index (κ2) is 10.7. The van der Waals surface area contributed by atoms with Gasteiger partial charge in [-0.05, 0) is 64.5 Å². The largest absolute Gasteiger partial charge is 0.395 e. The molecule has 0 aromatic heterocycles. The summed E-state index contributed by atoms with van der Waals surface area (Å²) in [5.74, 6) is 0. The van der Waals surface area contributed by atoms with E-state index in [2.05, 4.69) is 73.9 Å². The summed E-state index contributed by atoms with van der Waals surface area (Å²) in [4.78, 5) is 15.8. The third kappa shape index (κ3) is 6.06. The summed E-state index contributed by atoms with van der Waals surface area (Å²) < 4.78 is 0. The number of hydrogen-bond acceptors (Lipinski definition) is 4. The molecule has 2 aromatic carbocycles. The third-order valence-corrected chi connectivity index (χ3v) is 7.30. The van der Waals surface area contributed by atoms with Crippen molar-refractivity contribution < 1.29 is 9.90 Å². The molecular formula is C28H40N2O2. The summed E-state index contributed by atoms with van der Waals surface area (Å²) in [6.45, 7) is 11.1. The van der Waals surface area contributed by atoms with Crippen LogP contribution in [0.25, 0.3) is 0 Å². The minimum Gasteiger partial charge on any atom is -0.395 e. The van der Waals surface area contributed by atoms with Gasteiger partial charge in [0.2, 0.25) is 0 Å². The van der Waals surface area contributed by atoms with Gasteiger partial charge < -0.3 is 9.90 Å². The molecule has 0 radical (unpaired) electrons. The van der Waals surface area contributed by atoms with Gasteiger partial charge in [-0.3, -0.25) is 9.80 Å². The van der Waals surface area contributed by atoms with Crippen molar-refractivity contribution in [3.8, 4) is 0 Å². The summed E-state index contributed by atoms with van der Waals surface area (Å²) in [5, 5.41) is 9.41. The van der Waals surface area contributed by atoms with Crippen molar-refractivity contribution in [1.29, 1.82) is 0 Å². The highest BCUT2D eigenvalue weighted by Crippen LogP contribution is 2.35. The molecule has 2 aliphatic heterocycles. The fourth-order valence-electron chi connectivity index (χ4n) is 5.13. The van der Waals surface area contributed by atoms with Gasteiger partial charge in [0.15, 0.2) is 0 Å². The monoisotopic (exact) mass is 436 g/mol. The molecule has 2 atom stereocenters. The van der Waals surface area contributed by atoms with Crippen LogP contribution in [0, 0.1) is 0 Å². The topological polar surface area (TPSA) is 43.8 Å². The first kappa shape index (κ1) is 24.6. The Bertz CT molecular complexity index is 835. The van der Waals surface area contributed by atoms with Crippen LogP contribution < -0.4 is 0 Å². The highest BCUT2D eigenvalue weighted by Gasteiger charge is 2.39. The Hall–Kier alpha value is -2.01. The van der Waals surface area contributed by atoms with E-state index in [-0.39, 0.29) is 23.7 Å². The number of aliphatic hydroxyl groups is 1. The Morgan fingerprint density at radius 3 is 1.78 bits per heavy atom. The van der Waals surface area contributed by atoms with Crippen molar-refractivity contribution in [2.24, 2.45) is 0 Å². The molecule has 2 heterocycles. The first-order valence-corrected chi connectivity index (χ1v) is 11.9. The molecule has 2 aliphatic rings. The fraction of sp³-hybridized carbons (Fsp3) is 0.536. The lowest BCUT2D eigenvalue weighted by molar-refractivity contribution is -0.112. The smallest absolute Gasteiger partial charge is 0.137 e. The maximum Gasteiger partial charge on any atom is 0.137 e. The van der Waals surface area contributed by atoms with Gasteiger partial charge in [0.25, 0.3) is 0 Å². The van der Waals surface area contributed by atoms with Crippen LogP contribution in [0.15, 0.2) is 60.7 Å². The molecule has 0 saturated carbocycles. The van der Waals surface area contributed by atoms with E-state index in [1.165, 1.54) is 17.5 Å². The van der Waals surface area contributed by atoms with Crippen molar-refractivity contribution in [3.05, 3.63) is 71.8 Å². The molecule has 2 aromatic rings. The molecule has 0 amide bonds. The Balaban J connectivity index is 0.000000181. The molecule has 2 fully saturated rings. The first-order valence-electron chi connectivity index (χ1n) is 11.9. The fourth-order valence-corrected chi connectivity index (χ4v) is 5.13. The minimum absolute atomic E-state index is 0.0928. The van der Waals surface area contributed by atoms with Gasteiger partial charge in [0, 0.05) is 30.2 Å². The highest BCUT2D eigenvalue weighted by molar-refractivity contribution is 5.58. The standard InChI is InChI=1S/C14H21NO.C14H19NO/c2*1-14(2)9-8-13(11-16)15(14)10-12-6-4-3-5-7-12/h3-7,13,16H,8-11H2,1-2H3;3-7,11,13H,8-10H2,1-2H3/t2*13-/m11/s1. The number of carbonyl (C=O) groups is 1. The van der Waals surface area contributed by atoms with Gasteiger partial charge in [-0.2, -0.15) is 0 Å². The Kier molecular flexibility index (Phi) is 8.26. The molecule has 174 valence electrons. The van der Waals surface area contributed by atoms with Gasteiger partial charge in [-0.25, -0.2) is 0 Å². The second-order valence-electron chi connectivity index (χ2n) is 10.5. The Labute approximate surface area is 194 Å². The Morgan fingerprint density at radius 2 is 1.28 bits per heavy atom. The molecule has 4 nitrogen and oxygen atoms in total. The van der Waals surface area contributed by atoms with Crippen LogP contribution in [-0.4, -0.2) is 51.0 Å². The second-order valence-corrected chi connectivity index (χ2v) is 10.5. The lowest BCUT2D eigenvalue weighted by Gasteiger charge is -2.35. The molecule has 1 N–H and O–H groups in total. The van der Waals surface area contributed by atoms with Crippen LogP contribution in [0.4, 0.5) is 0 Å². The van der Waals surface area contributed by atoms with E-state index < -0.39 is 0 Å². The van der Waals surface area contributed by atoms with Crippen LogP contribution in [0.3, 0.4) is 0 Å². The van der Waals surface area contributed by atoms with E-state index >= 15 is 0 Å². The minimum atomic E-state index is 0.0928. The number of benzene rings is 2. The lowest BCUT2D eigenvalue weighted by Crippen LogP contribution is -2.43. The number of likely N-dealkylation sites (tertiary alicyclic amines) is 2. The van der Waals surface area contributed by atoms with Crippen LogP contribution >= 0.6 is 0 Å². The number of carbonyl (C=O) groups excluding carboxylic acids is 1. The van der Waals surface area contributed by atoms with E-state index in [0.29, 0.717) is 6.04 Å². The predicted octanol–water partition coefficient (Wildman–Crippen LogP) is 5.05. The zero-order valence-electron chi connectivity index (χ0n) is 20.2. The van der Waals surface area contributed by atoms with E-state index in [0.717, 1.165) is 38.6 Å². The number of aliphatic hydroxyl groups excluding tert-OH is 1. The molecule has 2 saturated heterocycles. The summed E-state index contributed by atoms with van der Waals surface area (Å²) in [7, 11) is 0. The summed E-state index contributed by atoms with van der Waals surface area (Å²) >= 11 is 0. The average molecular weight is 437 g/mol. The maximum atomic E-state index is 11.1. The SMILES string of the molecule is CC1(C)CC[C@H](C=O)N1Cc1ccccc1.CC1(C)CC[C@H](CO)N1Cc1ccccc1. The van der Waals surface area contributed by atoms with E-state index in [4.69, 9.17) is 0 Å². The zero-order chi connectivity index (χ0) is 23.2. The summed E-state index contributed by atoms with van der Waals surface area (Å²) in [5.41, 5.74) is 2.96. The van der Waals surface area contributed by atoms with Crippen molar-refractivity contribution in [1.82, 2.24) is 9.80 Å². The van der Waals surface area contributed by atoms with Gasteiger partial charge in [-0.15, -0.1) is 0 Å². The molecular weight excluding hydrogens is 396 g/mol. The number of aldehydes is 1. The summed E-state index contributed by atoms with van der Waals surface area (Å²) in [6.07, 6.45) is 5.46. The quantitative estimate of drug-likeness (QED) is 0.644. The predicted molar refractivity (Wildman–Crippen MR) is 131 cm³/mol. The molecule has 0 bridgehead atoms. The lowest BCUT2D eigenvalue weighted by atomic mass is 10.0. The highest BCUT2D eigenvalue weighted by atomic mass is 16.3. The number of nitrogens with zero attached hydrogens (tertiary/aromatic N) is 2. The van der Waals surface area contributed by atoms with Crippen molar-refractivity contribution >= 4 is 6.29 Å². The molecule has 32 heavy (non-hydrogen) atoms. The molecule has 0 aliphatic carbocycles. The average Bonchev–Trinajstić information content (AvgIpc) is 3.24. The molecule has 0 unspecified atom stereocenters. The van der Waals surface area contributed by atoms with Crippen LogP contribution in [-0.2, 0) is 17.9 Å². The molecule has 0 spiro atoms. The normalized spacial score (nSPS) is 24.7. The van der Waals surface area contributed by atoms with E-state index in [9.17, 15) is 9.90 Å². The number of hydrogen-bond donors (Lipinski definition) is 1. The zero-order valence-corrected chi connectivity index (χ0v) is 20.2. The van der Waals surface area contributed by atoms with Crippen LogP contribution in [0.5, 0.6) is 0 Å². The van der Waals surface area contributed by atoms with Gasteiger partial charge in [0.05, 0.1) is 12.6 Å². The maximum absolute atomic E-state index is 11.1. The Morgan fingerprint density at radius 1 is 0.812 bits per heavy atom. The van der Waals surface area contributed by atoms with Crippen LogP contribution in [0.1, 0.15) is 64.5 Å². The third-order valence-electron chi connectivity index (χ3n) is 7.30. The van der Waals surface area contributed by atoms with E-state index in [1.807, 2.05) is 24.3 Å². The van der Waals surface area contributed by atoms with Crippen molar-refractivity contribution in [2.75, 3.05) is 6.61 Å². The molecule has 4 rings (SSSR count). The van der Waals surface area contributed by atoms with E-state index in [1.54, 1.807) is 0 Å². The van der Waals surface area contributed by atoms with Gasteiger partial charge in [-0.1, -0.05) is 60.7 Å². The van der Waals surface area contributed by atoms with Crippen LogP contribution in [0.2, 0.25) is 0 Å². The molecule has 4 heteroatoms. The van der Waals surface area contributed by atoms with Gasteiger partial charge >= 0.3 is 0 Å². The summed E-state index contributed by atoms with van der Waals surface area (Å²) in [6, 6.07) is 21.3. The van der Waals surface area contributed by atoms with Crippen molar-refractivity contribution in [3.63, 3.8) is 0 Å².